The third-order valence-corrected chi connectivity index (χ3v) is 2.40. The second-order valence-electron chi connectivity index (χ2n) is 3.60. The Kier molecular flexibility index (Phi) is 3.10. The van der Waals surface area contributed by atoms with Gasteiger partial charge in [-0.1, -0.05) is 11.6 Å². The van der Waals surface area contributed by atoms with E-state index in [2.05, 4.69) is 15.3 Å². The van der Waals surface area contributed by atoms with E-state index in [0.717, 1.165) is 0 Å². The molecule has 0 atom stereocenters. The van der Waals surface area contributed by atoms with Crippen molar-refractivity contribution in [3.8, 4) is 0 Å². The summed E-state index contributed by atoms with van der Waals surface area (Å²) >= 11 is 5.89. The molecule has 0 saturated carbocycles. The van der Waals surface area contributed by atoms with Crippen molar-refractivity contribution in [2.45, 2.75) is 6.92 Å². The van der Waals surface area contributed by atoms with Gasteiger partial charge in [0.2, 0.25) is 0 Å². The largest absolute Gasteiger partial charge is 0.336 e. The lowest BCUT2D eigenvalue weighted by atomic mass is 10.4. The first-order chi connectivity index (χ1) is 8.06. The molecule has 5 nitrogen and oxygen atoms in total. The fourth-order valence-electron chi connectivity index (χ4n) is 1.42. The van der Waals surface area contributed by atoms with Crippen molar-refractivity contribution >= 4 is 23.1 Å². The maximum Gasteiger partial charge on any atom is 0.274 e. The molecule has 2 heterocycles. The van der Waals surface area contributed by atoms with Gasteiger partial charge in [-0.3, -0.25) is 4.79 Å². The Morgan fingerprint density at radius 3 is 2.94 bits per heavy atom. The molecular weight excluding hydrogens is 240 g/mol. The second-order valence-corrected chi connectivity index (χ2v) is 4.04. The highest BCUT2D eigenvalue weighted by atomic mass is 35.5. The Labute approximate surface area is 103 Å². The fourth-order valence-corrected chi connectivity index (χ4v) is 1.68. The summed E-state index contributed by atoms with van der Waals surface area (Å²) in [5.41, 5.74) is 0.226. The summed E-state index contributed by atoms with van der Waals surface area (Å²) in [4.78, 5) is 19.9. The number of hydrogen-bond donors (Lipinski definition) is 1. The molecule has 0 radical (unpaired) electrons. The molecule has 2 aromatic rings. The van der Waals surface area contributed by atoms with Crippen LogP contribution in [0.25, 0.3) is 0 Å². The van der Waals surface area contributed by atoms with Crippen LogP contribution in [0.1, 0.15) is 5.82 Å². The summed E-state index contributed by atoms with van der Waals surface area (Å²) in [5.74, 6) is 1.20. The minimum Gasteiger partial charge on any atom is -0.336 e. The van der Waals surface area contributed by atoms with Crippen LogP contribution in [-0.2, 0) is 7.05 Å². The number of aryl methyl sites for hydroxylation is 2. The number of hydrogen-bond acceptors (Lipinski definition) is 4. The quantitative estimate of drug-likeness (QED) is 0.884. The standard InChI is InChI=1S/C11H11ClN4O/c1-7-13-4-3-10(14-7)15-9-5-8(12)6-16(2)11(9)17/h3-6H,1-2H3,(H,13,14,15). The van der Waals surface area contributed by atoms with Crippen LogP contribution >= 0.6 is 11.6 Å². The van der Waals surface area contributed by atoms with Crippen LogP contribution in [0.4, 0.5) is 11.5 Å². The van der Waals surface area contributed by atoms with Gasteiger partial charge in [0.05, 0.1) is 5.02 Å². The van der Waals surface area contributed by atoms with Crippen LogP contribution in [0.2, 0.25) is 5.02 Å². The summed E-state index contributed by atoms with van der Waals surface area (Å²) < 4.78 is 1.42. The summed E-state index contributed by atoms with van der Waals surface area (Å²) in [5, 5.41) is 3.41. The molecule has 1 N–H and O–H groups in total. The monoisotopic (exact) mass is 250 g/mol. The highest BCUT2D eigenvalue weighted by molar-refractivity contribution is 6.30. The number of pyridine rings is 1. The summed E-state index contributed by atoms with van der Waals surface area (Å²) in [6.45, 7) is 1.78. The summed E-state index contributed by atoms with van der Waals surface area (Å²) in [7, 11) is 1.64. The molecule has 88 valence electrons. The lowest BCUT2D eigenvalue weighted by molar-refractivity contribution is 0.863. The predicted octanol–water partition coefficient (Wildman–Crippen LogP) is 1.88. The van der Waals surface area contributed by atoms with Crippen LogP contribution in [0.3, 0.4) is 0 Å². The molecule has 17 heavy (non-hydrogen) atoms. The van der Waals surface area contributed by atoms with Crippen LogP contribution in [0.15, 0.2) is 29.3 Å². The molecule has 0 bridgehead atoms. The van der Waals surface area contributed by atoms with E-state index in [0.29, 0.717) is 22.4 Å². The smallest absolute Gasteiger partial charge is 0.274 e. The zero-order valence-corrected chi connectivity index (χ0v) is 10.2. The Hall–Kier alpha value is -1.88. The first-order valence-electron chi connectivity index (χ1n) is 4.99. The summed E-state index contributed by atoms with van der Waals surface area (Å²) in [6, 6.07) is 3.26. The van der Waals surface area contributed by atoms with Gasteiger partial charge in [-0.2, -0.15) is 0 Å². The molecule has 0 unspecified atom stereocenters. The van der Waals surface area contributed by atoms with Gasteiger partial charge in [0, 0.05) is 19.4 Å². The zero-order valence-electron chi connectivity index (χ0n) is 9.44. The molecule has 0 spiro atoms. The van der Waals surface area contributed by atoms with Crippen molar-refractivity contribution in [2.75, 3.05) is 5.32 Å². The van der Waals surface area contributed by atoms with Gasteiger partial charge in [-0.05, 0) is 19.1 Å². The molecule has 2 aromatic heterocycles. The highest BCUT2D eigenvalue weighted by Gasteiger charge is 2.04. The number of anilines is 2. The first kappa shape index (κ1) is 11.6. The molecule has 0 aliphatic rings. The Morgan fingerprint density at radius 1 is 1.47 bits per heavy atom. The maximum absolute atomic E-state index is 11.8. The molecule has 0 aliphatic carbocycles. The van der Waals surface area contributed by atoms with Gasteiger partial charge >= 0.3 is 0 Å². The van der Waals surface area contributed by atoms with Gasteiger partial charge in [-0.25, -0.2) is 9.97 Å². The van der Waals surface area contributed by atoms with E-state index in [-0.39, 0.29) is 5.56 Å². The van der Waals surface area contributed by atoms with Crippen molar-refractivity contribution < 1.29 is 0 Å². The van der Waals surface area contributed by atoms with E-state index in [4.69, 9.17) is 11.6 Å². The molecule has 6 heteroatoms. The second kappa shape index (κ2) is 4.55. The molecular formula is C11H11ClN4O. The minimum atomic E-state index is -0.161. The van der Waals surface area contributed by atoms with E-state index in [9.17, 15) is 4.79 Å². The molecule has 0 amide bonds. The Balaban J connectivity index is 2.40. The van der Waals surface area contributed by atoms with Crippen LogP contribution in [-0.4, -0.2) is 14.5 Å². The third-order valence-electron chi connectivity index (χ3n) is 2.19. The van der Waals surface area contributed by atoms with E-state index in [1.165, 1.54) is 4.57 Å². The van der Waals surface area contributed by atoms with Crippen molar-refractivity contribution in [3.63, 3.8) is 0 Å². The molecule has 0 aromatic carbocycles. The lowest BCUT2D eigenvalue weighted by Gasteiger charge is -2.07. The first-order valence-corrected chi connectivity index (χ1v) is 5.37. The SMILES string of the molecule is Cc1nccc(Nc2cc(Cl)cn(C)c2=O)n1. The Morgan fingerprint density at radius 2 is 2.24 bits per heavy atom. The molecule has 0 saturated heterocycles. The van der Waals surface area contributed by atoms with Crippen LogP contribution < -0.4 is 10.9 Å². The normalized spacial score (nSPS) is 10.3. The predicted molar refractivity (Wildman–Crippen MR) is 66.7 cm³/mol. The number of rotatable bonds is 2. The van der Waals surface area contributed by atoms with Gasteiger partial charge in [0.15, 0.2) is 0 Å². The van der Waals surface area contributed by atoms with E-state index >= 15 is 0 Å². The van der Waals surface area contributed by atoms with Crippen molar-refractivity contribution in [2.24, 2.45) is 7.05 Å². The molecule has 0 aliphatic heterocycles. The van der Waals surface area contributed by atoms with E-state index in [1.807, 2.05) is 0 Å². The average molecular weight is 251 g/mol. The van der Waals surface area contributed by atoms with E-state index < -0.39 is 0 Å². The van der Waals surface area contributed by atoms with Gasteiger partial charge in [0.1, 0.15) is 17.3 Å². The number of aromatic nitrogens is 3. The highest BCUT2D eigenvalue weighted by Crippen LogP contribution is 2.14. The van der Waals surface area contributed by atoms with Crippen molar-refractivity contribution in [1.29, 1.82) is 0 Å². The van der Waals surface area contributed by atoms with Crippen LogP contribution in [0.5, 0.6) is 0 Å². The third kappa shape index (κ3) is 2.62. The topological polar surface area (TPSA) is 59.8 Å². The van der Waals surface area contributed by atoms with Gasteiger partial charge < -0.3 is 9.88 Å². The molecule has 2 rings (SSSR count). The zero-order chi connectivity index (χ0) is 12.4. The van der Waals surface area contributed by atoms with Crippen molar-refractivity contribution in [3.05, 3.63) is 45.7 Å². The van der Waals surface area contributed by atoms with Gasteiger partial charge in [-0.15, -0.1) is 0 Å². The van der Waals surface area contributed by atoms with Crippen LogP contribution in [0, 0.1) is 6.92 Å². The van der Waals surface area contributed by atoms with E-state index in [1.54, 1.807) is 38.5 Å². The van der Waals surface area contributed by atoms with Crippen molar-refractivity contribution in [1.82, 2.24) is 14.5 Å². The number of nitrogens with zero attached hydrogens (tertiary/aromatic N) is 3. The maximum atomic E-state index is 11.8. The summed E-state index contributed by atoms with van der Waals surface area (Å²) in [6.07, 6.45) is 3.18. The van der Waals surface area contributed by atoms with Gasteiger partial charge in [0.25, 0.3) is 5.56 Å². The number of halogens is 1. The lowest BCUT2D eigenvalue weighted by Crippen LogP contribution is -2.19. The average Bonchev–Trinajstić information content (AvgIpc) is 2.25. The Bertz CT molecular complexity index is 609. The molecule has 0 fully saturated rings. The fraction of sp³-hybridized carbons (Fsp3) is 0.182. The minimum absolute atomic E-state index is 0.161. The number of nitrogens with one attached hydrogen (secondary N) is 1.